The summed E-state index contributed by atoms with van der Waals surface area (Å²) in [5, 5.41) is 14.2. The van der Waals surface area contributed by atoms with Crippen LogP contribution in [-0.4, -0.2) is 83.8 Å². The highest BCUT2D eigenvalue weighted by Crippen LogP contribution is 2.15. The van der Waals surface area contributed by atoms with Crippen molar-refractivity contribution in [3.05, 3.63) is 39.9 Å². The number of nitrogens with zero attached hydrogens (tertiary/aromatic N) is 5. The Morgan fingerprint density at radius 3 is 2.43 bits per heavy atom. The molecule has 1 aromatic carbocycles. The fourth-order valence-corrected chi connectivity index (χ4v) is 3.97. The summed E-state index contributed by atoms with van der Waals surface area (Å²) in [5.74, 6) is 1.01. The van der Waals surface area contributed by atoms with E-state index in [1.807, 2.05) is 17.9 Å². The van der Waals surface area contributed by atoms with Crippen LogP contribution in [0, 0.1) is 10.1 Å². The van der Waals surface area contributed by atoms with Crippen molar-refractivity contribution in [3.63, 3.8) is 0 Å². The number of hydrogen-bond acceptors (Lipinski definition) is 5. The topological polar surface area (TPSA) is 94.3 Å². The quantitative estimate of drug-likeness (QED) is 0.206. The van der Waals surface area contributed by atoms with Crippen molar-refractivity contribution in [2.24, 2.45) is 4.99 Å². The van der Waals surface area contributed by atoms with Crippen molar-refractivity contribution < 1.29 is 9.72 Å². The number of nitro benzene ring substituents is 1. The summed E-state index contributed by atoms with van der Waals surface area (Å²) in [7, 11) is 1.74. The molecule has 1 aromatic rings. The number of halogens is 1. The number of rotatable bonds is 5. The van der Waals surface area contributed by atoms with Crippen molar-refractivity contribution >= 4 is 41.5 Å². The Kier molecular flexibility index (Phi) is 9.28. The zero-order chi connectivity index (χ0) is 20.8. The number of carbonyl (C=O) groups is 1. The van der Waals surface area contributed by atoms with E-state index >= 15 is 0 Å². The number of nitro groups is 1. The summed E-state index contributed by atoms with van der Waals surface area (Å²) in [6.07, 6.45) is 2.22. The Morgan fingerprint density at radius 2 is 1.83 bits per heavy atom. The van der Waals surface area contributed by atoms with Gasteiger partial charge in [0.25, 0.3) is 5.69 Å². The van der Waals surface area contributed by atoms with Crippen LogP contribution in [0.1, 0.15) is 25.3 Å². The Hall–Kier alpha value is -1.95. The first-order valence-electron chi connectivity index (χ1n) is 10.2. The number of hydrogen-bond donors (Lipinski definition) is 1. The molecule has 1 unspecified atom stereocenters. The number of nitrogens with one attached hydrogen (secondary N) is 1. The third kappa shape index (κ3) is 6.03. The van der Waals surface area contributed by atoms with Crippen LogP contribution in [0.25, 0.3) is 0 Å². The molecular formula is C20H31IN6O3. The molecule has 1 amide bonds. The molecule has 0 aromatic heterocycles. The number of amides is 1. The largest absolute Gasteiger partial charge is 0.352 e. The molecule has 2 saturated heterocycles. The van der Waals surface area contributed by atoms with Gasteiger partial charge >= 0.3 is 0 Å². The maximum Gasteiger partial charge on any atom is 0.269 e. The molecule has 0 saturated carbocycles. The van der Waals surface area contributed by atoms with Gasteiger partial charge in [-0.3, -0.25) is 24.8 Å². The summed E-state index contributed by atoms with van der Waals surface area (Å²) in [5.41, 5.74) is 0.924. The lowest BCUT2D eigenvalue weighted by atomic mass is 10.2. The fraction of sp³-hybridized carbons (Fsp3) is 0.600. The molecule has 0 aliphatic carbocycles. The van der Waals surface area contributed by atoms with Gasteiger partial charge in [-0.05, 0) is 25.3 Å². The minimum atomic E-state index is -0.387. The number of non-ortho nitro benzene ring substituents is 1. The van der Waals surface area contributed by atoms with Crippen LogP contribution >= 0.6 is 24.0 Å². The lowest BCUT2D eigenvalue weighted by molar-refractivity contribution is -0.384. The Labute approximate surface area is 194 Å². The molecule has 0 spiro atoms. The number of benzene rings is 1. The van der Waals surface area contributed by atoms with Crippen LogP contribution < -0.4 is 5.32 Å². The van der Waals surface area contributed by atoms with Gasteiger partial charge in [0, 0.05) is 65.0 Å². The number of guanidine groups is 1. The van der Waals surface area contributed by atoms with E-state index in [4.69, 9.17) is 0 Å². The second kappa shape index (κ2) is 11.4. The minimum absolute atomic E-state index is 0. The van der Waals surface area contributed by atoms with Crippen LogP contribution in [0.3, 0.4) is 0 Å². The van der Waals surface area contributed by atoms with Crippen LogP contribution in [0.5, 0.6) is 0 Å². The first-order valence-corrected chi connectivity index (χ1v) is 10.2. The minimum Gasteiger partial charge on any atom is -0.352 e. The molecule has 3 rings (SSSR count). The molecule has 0 bridgehead atoms. The van der Waals surface area contributed by atoms with Crippen LogP contribution in [0.2, 0.25) is 0 Å². The zero-order valence-corrected chi connectivity index (χ0v) is 20.0. The maximum absolute atomic E-state index is 12.6. The number of piperazine rings is 1. The van der Waals surface area contributed by atoms with Gasteiger partial charge in [-0.15, -0.1) is 24.0 Å². The number of aliphatic imine (C=N–C) groups is 1. The molecule has 9 nitrogen and oxygen atoms in total. The molecule has 1 atom stereocenters. The zero-order valence-electron chi connectivity index (χ0n) is 17.6. The first kappa shape index (κ1) is 24.3. The highest BCUT2D eigenvalue weighted by molar-refractivity contribution is 14.0. The molecule has 10 heteroatoms. The first-order chi connectivity index (χ1) is 14.0. The smallest absolute Gasteiger partial charge is 0.269 e. The van der Waals surface area contributed by atoms with Crippen molar-refractivity contribution in [2.75, 3.05) is 46.3 Å². The number of likely N-dealkylation sites (tertiary alicyclic amines) is 1. The molecule has 0 radical (unpaired) electrons. The van der Waals surface area contributed by atoms with Gasteiger partial charge in [-0.25, -0.2) is 0 Å². The third-order valence-electron chi connectivity index (χ3n) is 5.72. The van der Waals surface area contributed by atoms with Crippen molar-refractivity contribution in [3.8, 4) is 0 Å². The van der Waals surface area contributed by atoms with Gasteiger partial charge in [-0.2, -0.15) is 0 Å². The van der Waals surface area contributed by atoms with Crippen LogP contribution in [-0.2, 0) is 11.3 Å². The highest BCUT2D eigenvalue weighted by Gasteiger charge is 2.30. The van der Waals surface area contributed by atoms with E-state index in [2.05, 4.69) is 20.1 Å². The van der Waals surface area contributed by atoms with E-state index in [1.54, 1.807) is 19.2 Å². The fourth-order valence-electron chi connectivity index (χ4n) is 3.97. The lowest BCUT2D eigenvalue weighted by Gasteiger charge is -2.39. The van der Waals surface area contributed by atoms with Crippen LogP contribution in [0.4, 0.5) is 5.69 Å². The second-order valence-electron chi connectivity index (χ2n) is 7.56. The van der Waals surface area contributed by atoms with E-state index in [0.717, 1.165) is 63.6 Å². The monoisotopic (exact) mass is 530 g/mol. The van der Waals surface area contributed by atoms with E-state index in [9.17, 15) is 14.9 Å². The van der Waals surface area contributed by atoms with E-state index in [0.29, 0.717) is 6.54 Å². The predicted octanol–water partition coefficient (Wildman–Crippen LogP) is 1.92. The summed E-state index contributed by atoms with van der Waals surface area (Å²) < 4.78 is 0. The SMILES string of the molecule is CN=C(NCc1cccc([N+](=O)[O-])c1)N1CCN(C(C)C(=O)N2CCCC2)CC1.I. The van der Waals surface area contributed by atoms with Gasteiger partial charge in [0.1, 0.15) is 0 Å². The molecule has 2 aliphatic rings. The Morgan fingerprint density at radius 1 is 1.17 bits per heavy atom. The van der Waals surface area contributed by atoms with Crippen LogP contribution in [0.15, 0.2) is 29.3 Å². The predicted molar refractivity (Wildman–Crippen MR) is 127 cm³/mol. The van der Waals surface area contributed by atoms with E-state index in [1.165, 1.54) is 6.07 Å². The summed E-state index contributed by atoms with van der Waals surface area (Å²) >= 11 is 0. The molecule has 1 N–H and O–H groups in total. The summed E-state index contributed by atoms with van der Waals surface area (Å²) in [4.78, 5) is 33.9. The summed E-state index contributed by atoms with van der Waals surface area (Å²) in [6.45, 7) is 7.42. The molecule has 166 valence electrons. The van der Waals surface area contributed by atoms with Crippen molar-refractivity contribution in [1.82, 2.24) is 20.0 Å². The molecule has 30 heavy (non-hydrogen) atoms. The van der Waals surface area contributed by atoms with Gasteiger partial charge in [0.05, 0.1) is 11.0 Å². The molecule has 2 fully saturated rings. The maximum atomic E-state index is 12.6. The Bertz CT molecular complexity index is 761. The molecule has 2 aliphatic heterocycles. The summed E-state index contributed by atoms with van der Waals surface area (Å²) in [6, 6.07) is 6.52. The van der Waals surface area contributed by atoms with Crippen molar-refractivity contribution in [1.29, 1.82) is 0 Å². The third-order valence-corrected chi connectivity index (χ3v) is 5.72. The van der Waals surface area contributed by atoms with Gasteiger partial charge < -0.3 is 15.1 Å². The standard InChI is InChI=1S/C20H30N6O3.HI/c1-16(19(27)24-8-3-4-9-24)23-10-12-25(13-11-23)20(21-2)22-15-17-6-5-7-18(14-17)26(28)29;/h5-7,14,16H,3-4,8-13,15H2,1-2H3,(H,21,22);1H. The average Bonchev–Trinajstić information content (AvgIpc) is 3.28. The van der Waals surface area contributed by atoms with E-state index < -0.39 is 0 Å². The van der Waals surface area contributed by atoms with Gasteiger partial charge in [0.15, 0.2) is 5.96 Å². The Balaban J connectivity index is 0.00000320. The van der Waals surface area contributed by atoms with Crippen molar-refractivity contribution in [2.45, 2.75) is 32.4 Å². The number of carbonyl (C=O) groups excluding carboxylic acids is 1. The molecular weight excluding hydrogens is 499 g/mol. The normalized spacial score (nSPS) is 18.7. The average molecular weight is 530 g/mol. The highest BCUT2D eigenvalue weighted by atomic mass is 127. The molecule has 2 heterocycles. The van der Waals surface area contributed by atoms with Gasteiger partial charge in [-0.1, -0.05) is 12.1 Å². The van der Waals surface area contributed by atoms with Gasteiger partial charge in [0.2, 0.25) is 5.91 Å². The van der Waals surface area contributed by atoms with E-state index in [-0.39, 0.29) is 46.5 Å². The lowest BCUT2D eigenvalue weighted by Crippen LogP contribution is -2.57. The second-order valence-corrected chi connectivity index (χ2v) is 7.56.